The van der Waals surface area contributed by atoms with Crippen molar-refractivity contribution in [3.05, 3.63) is 67.7 Å². The van der Waals surface area contributed by atoms with Crippen LogP contribution in [0.5, 0.6) is 5.75 Å². The zero-order chi connectivity index (χ0) is 21.1. The highest BCUT2D eigenvalue weighted by Crippen LogP contribution is 2.35. The van der Waals surface area contributed by atoms with E-state index in [0.717, 1.165) is 16.7 Å². The number of carbonyl (C=O) groups excluding carboxylic acids is 3. The predicted molar refractivity (Wildman–Crippen MR) is 112 cm³/mol. The van der Waals surface area contributed by atoms with Crippen LogP contribution in [0.25, 0.3) is 6.08 Å². The van der Waals surface area contributed by atoms with Crippen LogP contribution in [0, 0.1) is 5.82 Å². The van der Waals surface area contributed by atoms with Crippen molar-refractivity contribution in [3.8, 4) is 5.75 Å². The van der Waals surface area contributed by atoms with Crippen LogP contribution in [0.15, 0.2) is 45.8 Å². The van der Waals surface area contributed by atoms with E-state index in [1.807, 2.05) is 0 Å². The first-order valence-corrected chi connectivity index (χ1v) is 10.1. The van der Waals surface area contributed by atoms with E-state index in [9.17, 15) is 18.8 Å². The summed E-state index contributed by atoms with van der Waals surface area (Å²) in [6.45, 7) is -0.521. The van der Waals surface area contributed by atoms with Crippen molar-refractivity contribution in [3.63, 3.8) is 0 Å². The van der Waals surface area contributed by atoms with Crippen molar-refractivity contribution >= 4 is 62.4 Å². The molecule has 10 heteroatoms. The Balaban J connectivity index is 1.79. The number of nitrogens with two attached hydrogens (primary N) is 1. The van der Waals surface area contributed by atoms with Gasteiger partial charge in [-0.25, -0.2) is 4.39 Å². The SMILES string of the molecule is NC(=O)COc1ccc(/C=C2\SC(=O)N(Cc3c(F)cccc3Cl)C2=O)cc1Br. The van der Waals surface area contributed by atoms with Gasteiger partial charge in [0.05, 0.1) is 15.9 Å². The smallest absolute Gasteiger partial charge is 0.293 e. The fourth-order valence-electron chi connectivity index (χ4n) is 2.50. The highest BCUT2D eigenvalue weighted by Gasteiger charge is 2.35. The Labute approximate surface area is 183 Å². The topological polar surface area (TPSA) is 89.7 Å². The third-order valence-corrected chi connectivity index (χ3v) is 5.76. The van der Waals surface area contributed by atoms with E-state index in [1.165, 1.54) is 24.3 Å². The van der Waals surface area contributed by atoms with Gasteiger partial charge in [0.25, 0.3) is 17.1 Å². The standard InChI is InChI=1S/C19H13BrClFN2O4S/c20-12-6-10(4-5-15(12)28-9-17(23)25)7-16-18(26)24(19(27)29-16)8-11-13(21)2-1-3-14(11)22/h1-7H,8-9H2,(H2,23,25)/b16-7-. The van der Waals surface area contributed by atoms with Gasteiger partial charge in [-0.1, -0.05) is 23.7 Å². The lowest BCUT2D eigenvalue weighted by Gasteiger charge is -2.14. The average Bonchev–Trinajstić information content (AvgIpc) is 2.91. The number of imide groups is 1. The van der Waals surface area contributed by atoms with E-state index >= 15 is 0 Å². The van der Waals surface area contributed by atoms with Gasteiger partial charge in [0.15, 0.2) is 6.61 Å². The molecule has 3 amide bonds. The van der Waals surface area contributed by atoms with Crippen LogP contribution in [0.2, 0.25) is 5.02 Å². The summed E-state index contributed by atoms with van der Waals surface area (Å²) in [5.74, 6) is -1.33. The van der Waals surface area contributed by atoms with Crippen molar-refractivity contribution in [2.75, 3.05) is 6.61 Å². The van der Waals surface area contributed by atoms with E-state index < -0.39 is 22.9 Å². The lowest BCUT2D eigenvalue weighted by Crippen LogP contribution is -2.28. The first kappa shape index (κ1) is 21.4. The maximum absolute atomic E-state index is 14.0. The van der Waals surface area contributed by atoms with Gasteiger partial charge in [-0.15, -0.1) is 0 Å². The molecule has 0 saturated carbocycles. The number of amides is 3. The summed E-state index contributed by atoms with van der Waals surface area (Å²) in [5.41, 5.74) is 5.75. The molecule has 0 bridgehead atoms. The third kappa shape index (κ3) is 4.98. The normalized spacial score (nSPS) is 15.3. The number of rotatable bonds is 6. The lowest BCUT2D eigenvalue weighted by atomic mass is 10.2. The molecule has 1 saturated heterocycles. The Bertz CT molecular complexity index is 1030. The molecule has 2 aromatic rings. The second-order valence-corrected chi connectivity index (χ2v) is 8.17. The van der Waals surface area contributed by atoms with Gasteiger partial charge in [-0.05, 0) is 63.6 Å². The van der Waals surface area contributed by atoms with Gasteiger partial charge >= 0.3 is 0 Å². The number of halogens is 3. The second-order valence-electron chi connectivity index (χ2n) is 5.91. The number of nitrogens with zero attached hydrogens (tertiary/aromatic N) is 1. The molecule has 2 N–H and O–H groups in total. The molecule has 0 aromatic heterocycles. The second kappa shape index (κ2) is 8.98. The van der Waals surface area contributed by atoms with Crippen LogP contribution in [0.1, 0.15) is 11.1 Å². The van der Waals surface area contributed by atoms with Crippen LogP contribution in [0.4, 0.5) is 9.18 Å². The summed E-state index contributed by atoms with van der Waals surface area (Å²) in [6.07, 6.45) is 1.54. The van der Waals surface area contributed by atoms with E-state index in [0.29, 0.717) is 15.8 Å². The number of carbonyl (C=O) groups is 3. The monoisotopic (exact) mass is 498 g/mol. The molecular formula is C19H13BrClFN2O4S. The maximum Gasteiger partial charge on any atom is 0.293 e. The maximum atomic E-state index is 14.0. The van der Waals surface area contributed by atoms with Gasteiger partial charge in [0.2, 0.25) is 0 Å². The number of thioether (sulfide) groups is 1. The van der Waals surface area contributed by atoms with Crippen molar-refractivity contribution in [2.24, 2.45) is 5.73 Å². The van der Waals surface area contributed by atoms with Gasteiger partial charge < -0.3 is 10.5 Å². The van der Waals surface area contributed by atoms with Crippen molar-refractivity contribution in [2.45, 2.75) is 6.54 Å². The van der Waals surface area contributed by atoms with Crippen LogP contribution >= 0.6 is 39.3 Å². The first-order valence-electron chi connectivity index (χ1n) is 8.15. The fraction of sp³-hybridized carbons (Fsp3) is 0.105. The first-order chi connectivity index (χ1) is 13.8. The Kier molecular flexibility index (Phi) is 6.61. The molecule has 0 aliphatic carbocycles. The molecule has 1 fully saturated rings. The number of primary amides is 1. The molecule has 0 spiro atoms. The minimum Gasteiger partial charge on any atom is -0.483 e. The Morgan fingerprint density at radius 3 is 2.72 bits per heavy atom. The van der Waals surface area contributed by atoms with Crippen molar-refractivity contribution in [1.29, 1.82) is 0 Å². The zero-order valence-electron chi connectivity index (χ0n) is 14.7. The minimum absolute atomic E-state index is 0.0800. The van der Waals surface area contributed by atoms with Gasteiger partial charge in [0.1, 0.15) is 11.6 Å². The van der Waals surface area contributed by atoms with Crippen LogP contribution < -0.4 is 10.5 Å². The van der Waals surface area contributed by atoms with E-state index in [2.05, 4.69) is 15.9 Å². The molecular weight excluding hydrogens is 487 g/mol. The van der Waals surface area contributed by atoms with E-state index in [1.54, 1.807) is 18.2 Å². The van der Waals surface area contributed by atoms with Crippen LogP contribution in [-0.4, -0.2) is 28.6 Å². The van der Waals surface area contributed by atoms with Crippen molar-refractivity contribution in [1.82, 2.24) is 4.90 Å². The minimum atomic E-state index is -0.607. The molecule has 29 heavy (non-hydrogen) atoms. The number of hydrogen-bond donors (Lipinski definition) is 1. The molecule has 1 aliphatic rings. The fourth-order valence-corrected chi connectivity index (χ4v) is 4.07. The summed E-state index contributed by atoms with van der Waals surface area (Å²) in [5, 5.41) is -0.371. The number of hydrogen-bond acceptors (Lipinski definition) is 5. The van der Waals surface area contributed by atoms with Gasteiger partial charge in [-0.2, -0.15) is 0 Å². The molecule has 1 heterocycles. The Morgan fingerprint density at radius 2 is 2.07 bits per heavy atom. The molecule has 0 unspecified atom stereocenters. The molecule has 3 rings (SSSR count). The molecule has 1 aliphatic heterocycles. The summed E-state index contributed by atoms with van der Waals surface area (Å²) >= 11 is 10.1. The zero-order valence-corrected chi connectivity index (χ0v) is 17.8. The van der Waals surface area contributed by atoms with Crippen LogP contribution in [-0.2, 0) is 16.1 Å². The summed E-state index contributed by atoms with van der Waals surface area (Å²) in [7, 11) is 0. The van der Waals surface area contributed by atoms with E-state index in [-0.39, 0.29) is 28.6 Å². The molecule has 2 aromatic carbocycles. The van der Waals surface area contributed by atoms with Crippen LogP contribution in [0.3, 0.4) is 0 Å². The molecule has 0 atom stereocenters. The number of ether oxygens (including phenoxy) is 1. The molecule has 0 radical (unpaired) electrons. The molecule has 150 valence electrons. The molecule has 6 nitrogen and oxygen atoms in total. The highest BCUT2D eigenvalue weighted by molar-refractivity contribution is 9.10. The summed E-state index contributed by atoms with van der Waals surface area (Å²) in [4.78, 5) is 36.9. The Hall–Kier alpha value is -2.36. The van der Waals surface area contributed by atoms with Gasteiger partial charge in [0, 0.05) is 10.6 Å². The average molecular weight is 500 g/mol. The van der Waals surface area contributed by atoms with Crippen molar-refractivity contribution < 1.29 is 23.5 Å². The lowest BCUT2D eigenvalue weighted by molar-refractivity contribution is -0.123. The summed E-state index contributed by atoms with van der Waals surface area (Å²) < 4.78 is 19.8. The quantitative estimate of drug-likeness (QED) is 0.597. The Morgan fingerprint density at radius 1 is 1.31 bits per heavy atom. The summed E-state index contributed by atoms with van der Waals surface area (Å²) in [6, 6.07) is 9.08. The van der Waals surface area contributed by atoms with E-state index in [4.69, 9.17) is 22.1 Å². The largest absolute Gasteiger partial charge is 0.483 e. The highest BCUT2D eigenvalue weighted by atomic mass is 79.9. The third-order valence-electron chi connectivity index (χ3n) is 3.88. The predicted octanol–water partition coefficient (Wildman–Crippen LogP) is 4.34. The van der Waals surface area contributed by atoms with Gasteiger partial charge in [-0.3, -0.25) is 19.3 Å². The number of benzene rings is 2.